The van der Waals surface area contributed by atoms with Crippen LogP contribution in [-0.2, 0) is 0 Å². The Morgan fingerprint density at radius 2 is 1.83 bits per heavy atom. The molecule has 1 aromatic rings. The second-order valence-electron chi connectivity index (χ2n) is 5.63. The molecule has 0 heterocycles. The number of hydrogen-bond acceptors (Lipinski definition) is 3. The molecule has 1 aromatic carbocycles. The lowest BCUT2D eigenvalue weighted by atomic mass is 9.85. The van der Waals surface area contributed by atoms with Crippen molar-refractivity contribution in [2.45, 2.75) is 39.3 Å². The van der Waals surface area contributed by atoms with Gasteiger partial charge in [0.05, 0.1) is 6.04 Å². The highest BCUT2D eigenvalue weighted by Gasteiger charge is 2.34. The number of nitrogens with zero attached hydrogens (tertiary/aromatic N) is 1. The summed E-state index contributed by atoms with van der Waals surface area (Å²) < 4.78 is 14.2. The Balaban J connectivity index is 3.34. The molecule has 0 aliphatic heterocycles. The first-order chi connectivity index (χ1) is 8.21. The maximum atomic E-state index is 14.2. The molecule has 0 saturated heterocycles. The summed E-state index contributed by atoms with van der Waals surface area (Å²) in [4.78, 5) is 2.04. The van der Waals surface area contributed by atoms with Crippen molar-refractivity contribution in [3.8, 4) is 0 Å². The second-order valence-corrected chi connectivity index (χ2v) is 5.63. The Morgan fingerprint density at radius 1 is 1.28 bits per heavy atom. The van der Waals surface area contributed by atoms with E-state index in [-0.39, 0.29) is 17.4 Å². The summed E-state index contributed by atoms with van der Waals surface area (Å²) in [5.74, 6) is 5.46. The minimum Gasteiger partial charge on any atom is -0.302 e. The molecule has 0 bridgehead atoms. The summed E-state index contributed by atoms with van der Waals surface area (Å²) in [5.41, 5.74) is 4.95. The Kier molecular flexibility index (Phi) is 4.48. The van der Waals surface area contributed by atoms with Crippen LogP contribution in [0.25, 0.3) is 0 Å². The predicted octanol–water partition coefficient (Wildman–Crippen LogP) is 2.29. The SMILES string of the molecule is Cc1cc(C)c(C(NN)C(C)(C)N(C)C)c(F)c1. The summed E-state index contributed by atoms with van der Waals surface area (Å²) in [5, 5.41) is 0. The topological polar surface area (TPSA) is 41.3 Å². The number of hydrazine groups is 1. The zero-order valence-corrected chi connectivity index (χ0v) is 12.1. The first-order valence-electron chi connectivity index (χ1n) is 6.12. The maximum absolute atomic E-state index is 14.2. The number of rotatable bonds is 4. The van der Waals surface area contributed by atoms with E-state index in [9.17, 15) is 4.39 Å². The van der Waals surface area contributed by atoms with Gasteiger partial charge in [0.1, 0.15) is 5.82 Å². The van der Waals surface area contributed by atoms with Crippen molar-refractivity contribution in [2.24, 2.45) is 5.84 Å². The molecule has 0 spiro atoms. The number of nitrogens with two attached hydrogens (primary N) is 1. The standard InChI is InChI=1S/C14H24FN3/c1-9-7-10(2)12(11(15)8-9)13(17-16)14(3,4)18(5)6/h7-8,13,17H,16H2,1-6H3. The maximum Gasteiger partial charge on any atom is 0.128 e. The summed E-state index contributed by atoms with van der Waals surface area (Å²) >= 11 is 0. The fraction of sp³-hybridized carbons (Fsp3) is 0.571. The van der Waals surface area contributed by atoms with Gasteiger partial charge in [-0.05, 0) is 59.0 Å². The van der Waals surface area contributed by atoms with E-state index in [1.807, 2.05) is 52.8 Å². The van der Waals surface area contributed by atoms with Crippen LogP contribution in [0, 0.1) is 19.7 Å². The average Bonchev–Trinajstić information content (AvgIpc) is 2.22. The lowest BCUT2D eigenvalue weighted by Gasteiger charge is -2.40. The van der Waals surface area contributed by atoms with Crippen molar-refractivity contribution < 1.29 is 4.39 Å². The highest BCUT2D eigenvalue weighted by Crippen LogP contribution is 2.32. The highest BCUT2D eigenvalue weighted by atomic mass is 19.1. The fourth-order valence-corrected chi connectivity index (χ4v) is 2.19. The van der Waals surface area contributed by atoms with Crippen LogP contribution < -0.4 is 11.3 Å². The van der Waals surface area contributed by atoms with Crippen LogP contribution in [0.5, 0.6) is 0 Å². The van der Waals surface area contributed by atoms with E-state index in [0.29, 0.717) is 5.56 Å². The molecule has 102 valence electrons. The molecule has 0 aliphatic rings. The predicted molar refractivity (Wildman–Crippen MR) is 73.7 cm³/mol. The van der Waals surface area contributed by atoms with Gasteiger partial charge in [0.25, 0.3) is 0 Å². The van der Waals surface area contributed by atoms with E-state index in [4.69, 9.17) is 5.84 Å². The fourth-order valence-electron chi connectivity index (χ4n) is 2.19. The van der Waals surface area contributed by atoms with E-state index in [1.165, 1.54) is 0 Å². The third-order valence-corrected chi connectivity index (χ3v) is 3.80. The molecule has 0 aliphatic carbocycles. The molecule has 1 rings (SSSR count). The van der Waals surface area contributed by atoms with Gasteiger partial charge in [-0.15, -0.1) is 0 Å². The summed E-state index contributed by atoms with van der Waals surface area (Å²) in [6.07, 6.45) is 0. The largest absolute Gasteiger partial charge is 0.302 e. The molecule has 18 heavy (non-hydrogen) atoms. The number of halogens is 1. The normalized spacial score (nSPS) is 14.1. The summed E-state index contributed by atoms with van der Waals surface area (Å²) in [6, 6.07) is 3.26. The number of aryl methyl sites for hydroxylation is 2. The summed E-state index contributed by atoms with van der Waals surface area (Å²) in [6.45, 7) is 7.88. The van der Waals surface area contributed by atoms with E-state index in [0.717, 1.165) is 11.1 Å². The van der Waals surface area contributed by atoms with Crippen molar-refractivity contribution >= 4 is 0 Å². The van der Waals surface area contributed by atoms with Crippen molar-refractivity contribution in [1.82, 2.24) is 10.3 Å². The highest BCUT2D eigenvalue weighted by molar-refractivity contribution is 5.36. The average molecular weight is 253 g/mol. The third-order valence-electron chi connectivity index (χ3n) is 3.80. The molecular weight excluding hydrogens is 229 g/mol. The Labute approximate surface area is 109 Å². The molecule has 1 unspecified atom stereocenters. The van der Waals surface area contributed by atoms with E-state index in [2.05, 4.69) is 5.43 Å². The van der Waals surface area contributed by atoms with Gasteiger partial charge in [-0.25, -0.2) is 4.39 Å². The van der Waals surface area contributed by atoms with Crippen LogP contribution in [0.2, 0.25) is 0 Å². The van der Waals surface area contributed by atoms with Gasteiger partial charge >= 0.3 is 0 Å². The van der Waals surface area contributed by atoms with Crippen LogP contribution in [0.4, 0.5) is 4.39 Å². The van der Waals surface area contributed by atoms with Gasteiger partial charge in [-0.2, -0.15) is 0 Å². The minimum atomic E-state index is -0.296. The Morgan fingerprint density at radius 3 is 2.22 bits per heavy atom. The van der Waals surface area contributed by atoms with Gasteiger partial charge in [-0.1, -0.05) is 6.07 Å². The van der Waals surface area contributed by atoms with Gasteiger partial charge in [0.15, 0.2) is 0 Å². The third kappa shape index (κ3) is 2.71. The van der Waals surface area contributed by atoms with Crippen molar-refractivity contribution in [2.75, 3.05) is 14.1 Å². The zero-order valence-electron chi connectivity index (χ0n) is 12.1. The lowest BCUT2D eigenvalue weighted by molar-refractivity contribution is 0.135. The van der Waals surface area contributed by atoms with Crippen LogP contribution in [-0.4, -0.2) is 24.5 Å². The van der Waals surface area contributed by atoms with Crippen molar-refractivity contribution in [3.05, 3.63) is 34.6 Å². The summed E-state index contributed by atoms with van der Waals surface area (Å²) in [7, 11) is 3.93. The molecule has 0 saturated carbocycles. The molecule has 3 N–H and O–H groups in total. The van der Waals surface area contributed by atoms with Crippen LogP contribution in [0.1, 0.15) is 36.6 Å². The lowest BCUT2D eigenvalue weighted by Crippen LogP contribution is -2.51. The van der Waals surface area contributed by atoms with Gasteiger partial charge in [-0.3, -0.25) is 11.3 Å². The zero-order chi connectivity index (χ0) is 14.1. The first kappa shape index (κ1) is 15.1. The van der Waals surface area contributed by atoms with Crippen LogP contribution >= 0.6 is 0 Å². The van der Waals surface area contributed by atoms with Crippen molar-refractivity contribution in [3.63, 3.8) is 0 Å². The Hall–Kier alpha value is -0.970. The number of hydrogen-bond donors (Lipinski definition) is 2. The molecule has 1 atom stereocenters. The molecule has 0 aromatic heterocycles. The van der Waals surface area contributed by atoms with Crippen LogP contribution in [0.3, 0.4) is 0 Å². The number of nitrogens with one attached hydrogen (secondary N) is 1. The van der Waals surface area contributed by atoms with Crippen LogP contribution in [0.15, 0.2) is 12.1 Å². The molecule has 3 nitrogen and oxygen atoms in total. The second kappa shape index (κ2) is 5.34. The van der Waals surface area contributed by atoms with Gasteiger partial charge < -0.3 is 4.90 Å². The minimum absolute atomic E-state index is 0.203. The Bertz CT molecular complexity index is 404. The van der Waals surface area contributed by atoms with Gasteiger partial charge in [0.2, 0.25) is 0 Å². The molecule has 4 heteroatoms. The quantitative estimate of drug-likeness (QED) is 0.639. The van der Waals surface area contributed by atoms with E-state index in [1.54, 1.807) is 6.07 Å². The smallest absolute Gasteiger partial charge is 0.128 e. The van der Waals surface area contributed by atoms with Crippen molar-refractivity contribution in [1.29, 1.82) is 0 Å². The molecule has 0 fully saturated rings. The molecule has 0 radical (unpaired) electrons. The van der Waals surface area contributed by atoms with E-state index >= 15 is 0 Å². The van der Waals surface area contributed by atoms with E-state index < -0.39 is 0 Å². The molecular formula is C14H24FN3. The monoisotopic (exact) mass is 253 g/mol. The number of likely N-dealkylation sites (N-methyl/N-ethyl adjacent to an activating group) is 1. The van der Waals surface area contributed by atoms with Gasteiger partial charge in [0, 0.05) is 11.1 Å². The number of benzene rings is 1. The molecule has 0 amide bonds. The first-order valence-corrected chi connectivity index (χ1v) is 6.12.